The smallest absolute Gasteiger partial charge is 0.331 e. The van der Waals surface area contributed by atoms with Gasteiger partial charge in [0.05, 0.1) is 13.2 Å². The molecule has 0 aliphatic heterocycles. The Morgan fingerprint density at radius 2 is 2.10 bits per heavy atom. The van der Waals surface area contributed by atoms with Gasteiger partial charge in [-0.05, 0) is 19.4 Å². The van der Waals surface area contributed by atoms with E-state index in [1.165, 1.54) is 0 Å². The van der Waals surface area contributed by atoms with Crippen LogP contribution in [0.2, 0.25) is 0 Å². The quantitative estimate of drug-likeness (QED) is 0.812. The molecule has 0 unspecified atom stereocenters. The highest BCUT2D eigenvalue weighted by molar-refractivity contribution is 5.67. The molecule has 21 heavy (non-hydrogen) atoms. The molecule has 0 spiro atoms. The predicted molar refractivity (Wildman–Crippen MR) is 79.7 cm³/mol. The summed E-state index contributed by atoms with van der Waals surface area (Å²) in [4.78, 5) is 26.0. The van der Waals surface area contributed by atoms with Gasteiger partial charge in [0.1, 0.15) is 5.56 Å². The van der Waals surface area contributed by atoms with E-state index < -0.39 is 11.2 Å². The van der Waals surface area contributed by atoms with Crippen LogP contribution in [-0.4, -0.2) is 27.9 Å². The zero-order valence-corrected chi connectivity index (χ0v) is 12.0. The van der Waals surface area contributed by atoms with E-state index in [0.29, 0.717) is 12.2 Å². The Hall–Kier alpha value is -2.34. The van der Waals surface area contributed by atoms with Gasteiger partial charge in [0.15, 0.2) is 0 Å². The van der Waals surface area contributed by atoms with Crippen LogP contribution < -0.4 is 11.2 Å². The lowest BCUT2D eigenvalue weighted by atomic mass is 10.1. The van der Waals surface area contributed by atoms with Crippen LogP contribution in [-0.2, 0) is 11.3 Å². The summed E-state index contributed by atoms with van der Waals surface area (Å²) in [5, 5.41) is 10.3. The number of rotatable bonds is 5. The normalized spacial score (nSPS) is 10.8. The summed E-state index contributed by atoms with van der Waals surface area (Å²) in [5.74, 6) is -0.339. The number of benzene rings is 1. The van der Waals surface area contributed by atoms with E-state index in [9.17, 15) is 14.7 Å². The Balaban J connectivity index is 2.54. The molecule has 0 fully saturated rings. The number of aromatic nitrogens is 2. The zero-order valence-electron chi connectivity index (χ0n) is 12.0. The lowest BCUT2D eigenvalue weighted by molar-refractivity contribution is 0.135. The third kappa shape index (κ3) is 3.22. The third-order valence-electron chi connectivity index (χ3n) is 3.14. The van der Waals surface area contributed by atoms with Gasteiger partial charge in [-0.25, -0.2) is 4.79 Å². The second-order valence-corrected chi connectivity index (χ2v) is 4.68. The fraction of sp³-hybridized carbons (Fsp3) is 0.333. The van der Waals surface area contributed by atoms with Crippen LogP contribution >= 0.6 is 0 Å². The molecular formula is C15H18N2O4. The number of hydrogen-bond donors (Lipinski definition) is 2. The average Bonchev–Trinajstić information content (AvgIpc) is 2.42. The van der Waals surface area contributed by atoms with E-state index in [1.807, 2.05) is 19.9 Å². The lowest BCUT2D eigenvalue weighted by Crippen LogP contribution is -2.32. The summed E-state index contributed by atoms with van der Waals surface area (Å²) in [5.41, 5.74) is 0.372. The topological polar surface area (TPSA) is 84.3 Å². The van der Waals surface area contributed by atoms with Gasteiger partial charge in [0.25, 0.3) is 5.56 Å². The maximum Gasteiger partial charge on any atom is 0.331 e. The number of nitrogens with one attached hydrogen (secondary N) is 1. The van der Waals surface area contributed by atoms with Gasteiger partial charge in [0.2, 0.25) is 5.88 Å². The van der Waals surface area contributed by atoms with Gasteiger partial charge in [-0.3, -0.25) is 14.3 Å². The lowest BCUT2D eigenvalue weighted by Gasteiger charge is -2.11. The van der Waals surface area contributed by atoms with E-state index in [2.05, 4.69) is 4.98 Å². The van der Waals surface area contributed by atoms with Gasteiger partial charge in [-0.1, -0.05) is 29.8 Å². The highest BCUT2D eigenvalue weighted by Crippen LogP contribution is 2.24. The van der Waals surface area contributed by atoms with Gasteiger partial charge in [0, 0.05) is 6.61 Å². The van der Waals surface area contributed by atoms with Crippen molar-refractivity contribution in [2.75, 3.05) is 13.2 Å². The van der Waals surface area contributed by atoms with Crippen LogP contribution in [0.5, 0.6) is 5.88 Å². The first-order chi connectivity index (χ1) is 10.0. The molecule has 6 nitrogen and oxygen atoms in total. The van der Waals surface area contributed by atoms with Crippen LogP contribution in [0.4, 0.5) is 0 Å². The Morgan fingerprint density at radius 1 is 1.33 bits per heavy atom. The van der Waals surface area contributed by atoms with E-state index in [1.54, 1.807) is 18.2 Å². The minimum Gasteiger partial charge on any atom is -0.494 e. The van der Waals surface area contributed by atoms with Gasteiger partial charge in [-0.15, -0.1) is 0 Å². The highest BCUT2D eigenvalue weighted by Gasteiger charge is 2.15. The number of aromatic hydroxyl groups is 1. The molecule has 2 N–H and O–H groups in total. The standard InChI is InChI=1S/C15H18N2O4/c1-3-21-8-7-17-14(19)12(13(18)16-15(17)20)11-6-4-5-10(2)9-11/h4-6,9,19H,3,7-8H2,1-2H3,(H,16,18,20). The van der Waals surface area contributed by atoms with Crippen molar-refractivity contribution in [3.8, 4) is 17.0 Å². The first-order valence-electron chi connectivity index (χ1n) is 6.75. The van der Waals surface area contributed by atoms with Crippen molar-refractivity contribution in [1.82, 2.24) is 9.55 Å². The van der Waals surface area contributed by atoms with Crippen molar-refractivity contribution in [3.63, 3.8) is 0 Å². The number of ether oxygens (including phenoxy) is 1. The fourth-order valence-corrected chi connectivity index (χ4v) is 2.13. The molecule has 0 amide bonds. The summed E-state index contributed by atoms with van der Waals surface area (Å²) in [6.07, 6.45) is 0. The van der Waals surface area contributed by atoms with Crippen molar-refractivity contribution in [2.24, 2.45) is 0 Å². The molecule has 6 heteroatoms. The van der Waals surface area contributed by atoms with Crippen molar-refractivity contribution < 1.29 is 9.84 Å². The van der Waals surface area contributed by atoms with Crippen LogP contribution in [0.1, 0.15) is 12.5 Å². The first kappa shape index (κ1) is 15.1. The molecule has 1 aromatic carbocycles. The molecule has 1 heterocycles. The summed E-state index contributed by atoms with van der Waals surface area (Å²) in [7, 11) is 0. The van der Waals surface area contributed by atoms with Crippen molar-refractivity contribution >= 4 is 0 Å². The molecular weight excluding hydrogens is 272 g/mol. The summed E-state index contributed by atoms with van der Waals surface area (Å²) >= 11 is 0. The molecule has 0 bridgehead atoms. The second kappa shape index (κ2) is 6.41. The molecule has 0 saturated carbocycles. The van der Waals surface area contributed by atoms with E-state index in [-0.39, 0.29) is 24.6 Å². The third-order valence-corrected chi connectivity index (χ3v) is 3.14. The van der Waals surface area contributed by atoms with Crippen molar-refractivity contribution in [1.29, 1.82) is 0 Å². The largest absolute Gasteiger partial charge is 0.494 e. The molecule has 0 atom stereocenters. The van der Waals surface area contributed by atoms with E-state index >= 15 is 0 Å². The Bertz CT molecular complexity index is 746. The van der Waals surface area contributed by atoms with Crippen LogP contribution in [0.3, 0.4) is 0 Å². The van der Waals surface area contributed by atoms with Crippen LogP contribution in [0.15, 0.2) is 33.9 Å². The number of aromatic amines is 1. The minimum atomic E-state index is -0.645. The monoisotopic (exact) mass is 290 g/mol. The number of H-pyrrole nitrogens is 1. The summed E-state index contributed by atoms with van der Waals surface area (Å²) in [6, 6.07) is 7.18. The second-order valence-electron chi connectivity index (χ2n) is 4.68. The Kier molecular flexibility index (Phi) is 4.59. The average molecular weight is 290 g/mol. The van der Waals surface area contributed by atoms with Gasteiger partial charge in [-0.2, -0.15) is 0 Å². The van der Waals surface area contributed by atoms with E-state index in [4.69, 9.17) is 4.74 Å². The zero-order chi connectivity index (χ0) is 15.4. The Labute approximate surface area is 121 Å². The molecule has 0 aliphatic carbocycles. The predicted octanol–water partition coefficient (Wildman–Crippen LogP) is 1.25. The van der Waals surface area contributed by atoms with Gasteiger partial charge >= 0.3 is 5.69 Å². The molecule has 2 rings (SSSR count). The number of hydrogen-bond acceptors (Lipinski definition) is 4. The molecule has 112 valence electrons. The van der Waals surface area contributed by atoms with Crippen LogP contribution in [0.25, 0.3) is 11.1 Å². The fourth-order valence-electron chi connectivity index (χ4n) is 2.13. The number of nitrogens with zero attached hydrogens (tertiary/aromatic N) is 1. The van der Waals surface area contributed by atoms with Crippen molar-refractivity contribution in [2.45, 2.75) is 20.4 Å². The van der Waals surface area contributed by atoms with E-state index in [0.717, 1.165) is 10.1 Å². The maximum atomic E-state index is 12.0. The summed E-state index contributed by atoms with van der Waals surface area (Å²) < 4.78 is 6.29. The maximum absolute atomic E-state index is 12.0. The highest BCUT2D eigenvalue weighted by atomic mass is 16.5. The molecule has 2 aromatic rings. The molecule has 0 saturated heterocycles. The first-order valence-corrected chi connectivity index (χ1v) is 6.75. The molecule has 1 aromatic heterocycles. The summed E-state index contributed by atoms with van der Waals surface area (Å²) in [6.45, 7) is 4.70. The van der Waals surface area contributed by atoms with Crippen molar-refractivity contribution in [3.05, 3.63) is 50.7 Å². The molecule has 0 radical (unpaired) electrons. The SMILES string of the molecule is CCOCCn1c(O)c(-c2cccc(C)c2)c(=O)[nH]c1=O. The number of aryl methyl sites for hydroxylation is 1. The molecule has 0 aliphatic rings. The van der Waals surface area contributed by atoms with Gasteiger partial charge < -0.3 is 9.84 Å². The Morgan fingerprint density at radius 3 is 2.76 bits per heavy atom. The minimum absolute atomic E-state index is 0.0924. The van der Waals surface area contributed by atoms with Crippen LogP contribution in [0, 0.1) is 6.92 Å².